The highest BCUT2D eigenvalue weighted by molar-refractivity contribution is 7.14. The zero-order valence-electron chi connectivity index (χ0n) is 12.8. The second-order valence-electron chi connectivity index (χ2n) is 7.14. The summed E-state index contributed by atoms with van der Waals surface area (Å²) in [7, 11) is 0. The highest BCUT2D eigenvalue weighted by Gasteiger charge is 2.35. The van der Waals surface area contributed by atoms with Gasteiger partial charge in [-0.1, -0.05) is 13.8 Å². The first-order chi connectivity index (χ1) is 9.94. The minimum atomic E-state index is 0.0482. The summed E-state index contributed by atoms with van der Waals surface area (Å²) in [6, 6.07) is 2.05. The summed E-state index contributed by atoms with van der Waals surface area (Å²) in [5.41, 5.74) is 4.55. The van der Waals surface area contributed by atoms with Gasteiger partial charge in [-0.15, -0.1) is 11.3 Å². The van der Waals surface area contributed by atoms with Gasteiger partial charge in [0.25, 0.3) is 0 Å². The van der Waals surface area contributed by atoms with Crippen molar-refractivity contribution in [3.63, 3.8) is 0 Å². The SMILES string of the molecule is Cc1cc2c(n1-c1nc3c(s1)CCC3)CC(C)(C)CC2=O. The van der Waals surface area contributed by atoms with Gasteiger partial charge in [-0.05, 0) is 44.1 Å². The van der Waals surface area contributed by atoms with Crippen molar-refractivity contribution in [1.29, 1.82) is 0 Å². The number of Topliss-reactive ketones (excluding diaryl/α,β-unsaturated/α-hetero) is 1. The van der Waals surface area contributed by atoms with Gasteiger partial charge >= 0.3 is 0 Å². The van der Waals surface area contributed by atoms with Gasteiger partial charge in [0.15, 0.2) is 10.9 Å². The van der Waals surface area contributed by atoms with E-state index in [1.54, 1.807) is 0 Å². The Bertz CT molecular complexity index is 730. The Kier molecular flexibility index (Phi) is 2.71. The predicted octanol–water partition coefficient (Wildman–Crippen LogP) is 3.89. The smallest absolute Gasteiger partial charge is 0.194 e. The molecule has 0 bridgehead atoms. The lowest BCUT2D eigenvalue weighted by atomic mass is 9.76. The lowest BCUT2D eigenvalue weighted by molar-refractivity contribution is 0.0911. The molecule has 0 fully saturated rings. The Morgan fingerprint density at radius 3 is 2.86 bits per heavy atom. The summed E-state index contributed by atoms with van der Waals surface area (Å²) in [6.07, 6.45) is 5.12. The minimum absolute atomic E-state index is 0.0482. The molecular weight excluding hydrogens is 280 g/mol. The number of aryl methyl sites for hydroxylation is 3. The molecule has 0 aliphatic heterocycles. The maximum Gasteiger partial charge on any atom is 0.194 e. The fourth-order valence-corrected chi connectivity index (χ4v) is 4.92. The molecule has 0 amide bonds. The number of nitrogens with zero attached hydrogens (tertiary/aromatic N) is 2. The first-order valence-electron chi connectivity index (χ1n) is 7.68. The third-order valence-corrected chi connectivity index (χ3v) is 5.79. The number of hydrogen-bond donors (Lipinski definition) is 0. The van der Waals surface area contributed by atoms with E-state index in [1.807, 2.05) is 11.3 Å². The van der Waals surface area contributed by atoms with Crippen LogP contribution in [0.4, 0.5) is 0 Å². The molecule has 0 unspecified atom stereocenters. The van der Waals surface area contributed by atoms with Crippen molar-refractivity contribution >= 4 is 17.1 Å². The number of ketones is 1. The van der Waals surface area contributed by atoms with Crippen LogP contribution in [0.15, 0.2) is 6.07 Å². The van der Waals surface area contributed by atoms with Gasteiger partial charge in [-0.2, -0.15) is 0 Å². The van der Waals surface area contributed by atoms with Crippen molar-refractivity contribution in [2.24, 2.45) is 5.41 Å². The highest BCUT2D eigenvalue weighted by Crippen LogP contribution is 2.39. The van der Waals surface area contributed by atoms with Gasteiger partial charge < -0.3 is 0 Å². The van der Waals surface area contributed by atoms with Crippen LogP contribution in [-0.4, -0.2) is 15.3 Å². The Morgan fingerprint density at radius 1 is 1.29 bits per heavy atom. The normalized spacial score (nSPS) is 19.7. The van der Waals surface area contributed by atoms with Crippen LogP contribution in [0.2, 0.25) is 0 Å². The number of rotatable bonds is 1. The Morgan fingerprint density at radius 2 is 2.10 bits per heavy atom. The topological polar surface area (TPSA) is 34.9 Å². The Balaban J connectivity index is 1.88. The number of hydrogen-bond acceptors (Lipinski definition) is 3. The van der Waals surface area contributed by atoms with Crippen LogP contribution in [0.25, 0.3) is 5.13 Å². The Hall–Kier alpha value is -1.42. The monoisotopic (exact) mass is 300 g/mol. The second kappa shape index (κ2) is 4.29. The molecule has 4 heteroatoms. The van der Waals surface area contributed by atoms with E-state index in [-0.39, 0.29) is 11.2 Å². The number of thiazole rings is 1. The summed E-state index contributed by atoms with van der Waals surface area (Å²) in [5.74, 6) is 0.284. The lowest BCUT2D eigenvalue weighted by Crippen LogP contribution is -2.27. The van der Waals surface area contributed by atoms with Crippen molar-refractivity contribution < 1.29 is 4.79 Å². The fraction of sp³-hybridized carbons (Fsp3) is 0.529. The molecule has 0 saturated carbocycles. The minimum Gasteiger partial charge on any atom is -0.294 e. The third kappa shape index (κ3) is 2.00. The molecule has 2 heterocycles. The molecule has 4 rings (SSSR count). The highest BCUT2D eigenvalue weighted by atomic mass is 32.1. The molecule has 0 N–H and O–H groups in total. The number of carbonyl (C=O) groups excluding carboxylic acids is 1. The van der Waals surface area contributed by atoms with Crippen molar-refractivity contribution in [3.05, 3.63) is 33.6 Å². The molecule has 0 saturated heterocycles. The first-order valence-corrected chi connectivity index (χ1v) is 8.50. The zero-order chi connectivity index (χ0) is 14.8. The number of fused-ring (bicyclic) bond motifs is 2. The van der Waals surface area contributed by atoms with Crippen LogP contribution in [0.1, 0.15) is 59.0 Å². The van der Waals surface area contributed by atoms with Crippen LogP contribution in [0, 0.1) is 12.3 Å². The average molecular weight is 300 g/mol. The quantitative estimate of drug-likeness (QED) is 0.801. The van der Waals surface area contributed by atoms with E-state index in [0.717, 1.165) is 29.2 Å². The molecule has 0 radical (unpaired) electrons. The fourth-order valence-electron chi connectivity index (χ4n) is 3.69. The van der Waals surface area contributed by atoms with Crippen molar-refractivity contribution in [2.75, 3.05) is 0 Å². The first kappa shape index (κ1) is 13.3. The van der Waals surface area contributed by atoms with Gasteiger partial charge in [0.1, 0.15) is 0 Å². The second-order valence-corrected chi connectivity index (χ2v) is 8.20. The molecule has 21 heavy (non-hydrogen) atoms. The van der Waals surface area contributed by atoms with Crippen molar-refractivity contribution in [3.8, 4) is 5.13 Å². The molecule has 110 valence electrons. The van der Waals surface area contributed by atoms with Crippen LogP contribution in [-0.2, 0) is 19.3 Å². The largest absolute Gasteiger partial charge is 0.294 e. The van der Waals surface area contributed by atoms with E-state index in [0.29, 0.717) is 6.42 Å². The summed E-state index contributed by atoms with van der Waals surface area (Å²) in [6.45, 7) is 6.45. The third-order valence-electron chi connectivity index (χ3n) is 4.65. The molecule has 3 nitrogen and oxygen atoms in total. The molecule has 2 aromatic heterocycles. The molecule has 2 aliphatic rings. The summed E-state index contributed by atoms with van der Waals surface area (Å²) in [5, 5.41) is 1.06. The molecule has 0 atom stereocenters. The van der Waals surface area contributed by atoms with E-state index in [4.69, 9.17) is 4.98 Å². The summed E-state index contributed by atoms with van der Waals surface area (Å²) in [4.78, 5) is 18.7. The lowest BCUT2D eigenvalue weighted by Gasteiger charge is -2.29. The zero-order valence-corrected chi connectivity index (χ0v) is 13.6. The molecule has 0 spiro atoms. The van der Waals surface area contributed by atoms with Crippen LogP contribution in [0.3, 0.4) is 0 Å². The van der Waals surface area contributed by atoms with E-state index >= 15 is 0 Å². The molecule has 0 aromatic carbocycles. The van der Waals surface area contributed by atoms with E-state index < -0.39 is 0 Å². The van der Waals surface area contributed by atoms with E-state index in [1.165, 1.54) is 29.1 Å². The van der Waals surface area contributed by atoms with Gasteiger partial charge in [-0.3, -0.25) is 9.36 Å². The number of aromatic nitrogens is 2. The van der Waals surface area contributed by atoms with Crippen molar-refractivity contribution in [1.82, 2.24) is 9.55 Å². The van der Waals surface area contributed by atoms with Crippen LogP contribution in [0.5, 0.6) is 0 Å². The molecule has 2 aromatic rings. The predicted molar refractivity (Wildman–Crippen MR) is 84.6 cm³/mol. The van der Waals surface area contributed by atoms with Crippen LogP contribution < -0.4 is 0 Å². The summed E-state index contributed by atoms with van der Waals surface area (Å²) < 4.78 is 2.23. The van der Waals surface area contributed by atoms with E-state index in [9.17, 15) is 4.79 Å². The van der Waals surface area contributed by atoms with E-state index in [2.05, 4.69) is 31.4 Å². The summed E-state index contributed by atoms with van der Waals surface area (Å²) >= 11 is 1.81. The Labute approximate surface area is 129 Å². The van der Waals surface area contributed by atoms with Gasteiger partial charge in [0.05, 0.1) is 5.69 Å². The van der Waals surface area contributed by atoms with Crippen molar-refractivity contribution in [2.45, 2.75) is 52.9 Å². The maximum absolute atomic E-state index is 12.4. The molecular formula is C17H20N2OS. The number of carbonyl (C=O) groups is 1. The van der Waals surface area contributed by atoms with Gasteiger partial charge in [-0.25, -0.2) is 4.98 Å². The van der Waals surface area contributed by atoms with Gasteiger partial charge in [0.2, 0.25) is 0 Å². The average Bonchev–Trinajstić information content (AvgIpc) is 2.99. The van der Waals surface area contributed by atoms with Gasteiger partial charge in [0, 0.05) is 28.2 Å². The standard InChI is InChI=1S/C17H20N2OS/c1-10-7-11-13(8-17(2,3)9-14(11)20)19(10)16-18-12-5-4-6-15(12)21-16/h7H,4-6,8-9H2,1-3H3. The molecule has 2 aliphatic carbocycles. The van der Waals surface area contributed by atoms with Crippen LogP contribution >= 0.6 is 11.3 Å². The maximum atomic E-state index is 12.4.